The molecule has 1 aromatic carbocycles. The van der Waals surface area contributed by atoms with Crippen molar-refractivity contribution >= 4 is 0 Å². The van der Waals surface area contributed by atoms with Gasteiger partial charge in [-0.2, -0.15) is 0 Å². The number of hydrogen-bond donors (Lipinski definition) is 5. The predicted molar refractivity (Wildman–Crippen MR) is 88.8 cm³/mol. The van der Waals surface area contributed by atoms with Crippen LogP contribution in [0.3, 0.4) is 0 Å². The highest BCUT2D eigenvalue weighted by Crippen LogP contribution is 2.32. The summed E-state index contributed by atoms with van der Waals surface area (Å²) in [5.41, 5.74) is 0.929. The Hall–Kier alpha value is -2.17. The number of benzene rings is 1. The third-order valence-electron chi connectivity index (χ3n) is 4.25. The van der Waals surface area contributed by atoms with Gasteiger partial charge in [0.2, 0.25) is 6.29 Å². The van der Waals surface area contributed by atoms with Crippen molar-refractivity contribution in [3.63, 3.8) is 0 Å². The van der Waals surface area contributed by atoms with Crippen LogP contribution >= 0.6 is 0 Å². The minimum atomic E-state index is -1.50. The van der Waals surface area contributed by atoms with E-state index in [4.69, 9.17) is 14.2 Å². The molecule has 5 atom stereocenters. The Labute approximate surface area is 149 Å². The molecule has 0 aliphatic carbocycles. The van der Waals surface area contributed by atoms with E-state index in [0.717, 1.165) is 11.4 Å². The lowest BCUT2D eigenvalue weighted by molar-refractivity contribution is -0.277. The number of nitrogens with one attached hydrogen (secondary N) is 1. The number of imidazole rings is 1. The van der Waals surface area contributed by atoms with Crippen LogP contribution in [0, 0.1) is 0 Å². The van der Waals surface area contributed by atoms with Crippen molar-refractivity contribution in [2.45, 2.75) is 37.1 Å². The Kier molecular flexibility index (Phi) is 5.74. The van der Waals surface area contributed by atoms with Gasteiger partial charge < -0.3 is 39.6 Å². The van der Waals surface area contributed by atoms with Gasteiger partial charge in [0.1, 0.15) is 30.2 Å². The fourth-order valence-electron chi connectivity index (χ4n) is 2.80. The largest absolute Gasteiger partial charge is 0.493 e. The molecule has 0 radical (unpaired) electrons. The van der Waals surface area contributed by atoms with Crippen LogP contribution in [0.4, 0.5) is 0 Å². The summed E-state index contributed by atoms with van der Waals surface area (Å²) in [4.78, 5) is 7.19. The van der Waals surface area contributed by atoms with Crippen molar-refractivity contribution in [3.8, 4) is 11.5 Å². The van der Waals surface area contributed by atoms with E-state index in [1.807, 2.05) is 6.07 Å². The number of aromatic amines is 1. The van der Waals surface area contributed by atoms with Crippen LogP contribution < -0.4 is 9.47 Å². The molecule has 0 amide bonds. The van der Waals surface area contributed by atoms with Gasteiger partial charge in [-0.1, -0.05) is 6.07 Å². The van der Waals surface area contributed by atoms with Crippen molar-refractivity contribution in [3.05, 3.63) is 42.0 Å². The van der Waals surface area contributed by atoms with E-state index in [0.29, 0.717) is 17.9 Å². The van der Waals surface area contributed by atoms with Gasteiger partial charge in [0.15, 0.2) is 11.5 Å². The molecule has 1 aliphatic rings. The normalized spacial score (nSPS) is 28.7. The summed E-state index contributed by atoms with van der Waals surface area (Å²) < 4.78 is 16.3. The second-order valence-corrected chi connectivity index (χ2v) is 6.01. The molecule has 1 fully saturated rings. The average molecular weight is 366 g/mol. The second-order valence-electron chi connectivity index (χ2n) is 6.01. The molecule has 1 saturated heterocycles. The number of aliphatic hydroxyl groups is 4. The lowest BCUT2D eigenvalue weighted by Gasteiger charge is -2.39. The molecule has 1 aromatic heterocycles. The molecular weight excluding hydrogens is 344 g/mol. The first kappa shape index (κ1) is 18.6. The highest BCUT2D eigenvalue weighted by atomic mass is 16.7. The third-order valence-corrected chi connectivity index (χ3v) is 4.25. The fraction of sp³-hybridized carbons (Fsp3) is 0.471. The zero-order valence-electron chi connectivity index (χ0n) is 14.1. The number of rotatable bonds is 6. The van der Waals surface area contributed by atoms with Crippen LogP contribution in [0.1, 0.15) is 11.4 Å². The lowest BCUT2D eigenvalue weighted by atomic mass is 9.99. The first-order chi connectivity index (χ1) is 12.5. The standard InChI is InChI=1S/C17H22N2O7/c1-24-11-6-9(7-13-18-4-5-19-13)2-3-10(11)25-17-16(23)15(22)14(21)12(8-20)26-17/h2-6,12,14-17,20-23H,7-8H2,1H3,(H,18,19)/t12-,14+,15+,16-,17-/m1/s1. The first-order valence-corrected chi connectivity index (χ1v) is 8.15. The molecule has 142 valence electrons. The monoisotopic (exact) mass is 366 g/mol. The molecule has 1 aliphatic heterocycles. The zero-order valence-corrected chi connectivity index (χ0v) is 14.1. The molecule has 0 saturated carbocycles. The van der Waals surface area contributed by atoms with Gasteiger partial charge in [-0.15, -0.1) is 0 Å². The SMILES string of the molecule is COc1cc(Cc2ncc[nH]2)ccc1O[C@@H]1O[C@H](CO)[C@H](O)[C@H](O)[C@H]1O. The smallest absolute Gasteiger partial charge is 0.229 e. The molecule has 0 bridgehead atoms. The number of ether oxygens (including phenoxy) is 3. The zero-order chi connectivity index (χ0) is 18.7. The Balaban J connectivity index is 1.76. The van der Waals surface area contributed by atoms with Crippen molar-refractivity contribution in [2.24, 2.45) is 0 Å². The number of nitrogens with zero attached hydrogens (tertiary/aromatic N) is 1. The minimum absolute atomic E-state index is 0.292. The van der Waals surface area contributed by atoms with Crippen LogP contribution in [-0.2, 0) is 11.2 Å². The van der Waals surface area contributed by atoms with E-state index in [2.05, 4.69) is 9.97 Å². The van der Waals surface area contributed by atoms with E-state index >= 15 is 0 Å². The van der Waals surface area contributed by atoms with E-state index in [1.54, 1.807) is 24.5 Å². The number of aromatic nitrogens is 2. The molecule has 0 unspecified atom stereocenters. The minimum Gasteiger partial charge on any atom is -0.493 e. The highest BCUT2D eigenvalue weighted by Gasteiger charge is 2.44. The van der Waals surface area contributed by atoms with Crippen LogP contribution in [-0.4, -0.2) is 74.8 Å². The van der Waals surface area contributed by atoms with E-state index in [-0.39, 0.29) is 0 Å². The highest BCUT2D eigenvalue weighted by molar-refractivity contribution is 5.43. The molecule has 5 N–H and O–H groups in total. The van der Waals surface area contributed by atoms with Crippen LogP contribution in [0.5, 0.6) is 11.5 Å². The van der Waals surface area contributed by atoms with E-state index in [1.165, 1.54) is 7.11 Å². The van der Waals surface area contributed by atoms with Crippen molar-refractivity contribution in [2.75, 3.05) is 13.7 Å². The maximum absolute atomic E-state index is 10.1. The van der Waals surface area contributed by atoms with Gasteiger partial charge in [0.05, 0.1) is 13.7 Å². The molecule has 0 spiro atoms. The van der Waals surface area contributed by atoms with Gasteiger partial charge in [-0.3, -0.25) is 0 Å². The summed E-state index contributed by atoms with van der Waals surface area (Å²) in [5.74, 6) is 1.50. The quantitative estimate of drug-likeness (QED) is 0.448. The predicted octanol–water partition coefficient (Wildman–Crippen LogP) is -0.812. The second kappa shape index (κ2) is 8.02. The van der Waals surface area contributed by atoms with Crippen molar-refractivity contribution < 1.29 is 34.6 Å². The molecule has 9 heteroatoms. The van der Waals surface area contributed by atoms with Crippen LogP contribution in [0.25, 0.3) is 0 Å². The van der Waals surface area contributed by atoms with Gasteiger partial charge in [0.25, 0.3) is 0 Å². The van der Waals surface area contributed by atoms with E-state index in [9.17, 15) is 20.4 Å². The number of H-pyrrole nitrogens is 1. The van der Waals surface area contributed by atoms with Crippen LogP contribution in [0.2, 0.25) is 0 Å². The van der Waals surface area contributed by atoms with Crippen molar-refractivity contribution in [1.82, 2.24) is 9.97 Å². The summed E-state index contributed by atoms with van der Waals surface area (Å²) in [5, 5.41) is 39.0. The summed E-state index contributed by atoms with van der Waals surface area (Å²) in [6.45, 7) is -0.524. The molecule has 9 nitrogen and oxygen atoms in total. The molecule has 2 aromatic rings. The Morgan fingerprint density at radius 2 is 1.96 bits per heavy atom. The van der Waals surface area contributed by atoms with Gasteiger partial charge in [-0.25, -0.2) is 4.98 Å². The number of hydrogen-bond acceptors (Lipinski definition) is 8. The number of aliphatic hydroxyl groups excluding tert-OH is 4. The van der Waals surface area contributed by atoms with Crippen LogP contribution in [0.15, 0.2) is 30.6 Å². The maximum Gasteiger partial charge on any atom is 0.229 e. The van der Waals surface area contributed by atoms with Gasteiger partial charge >= 0.3 is 0 Å². The first-order valence-electron chi connectivity index (χ1n) is 8.15. The Bertz CT molecular complexity index is 707. The third kappa shape index (κ3) is 3.81. The fourth-order valence-corrected chi connectivity index (χ4v) is 2.80. The summed E-state index contributed by atoms with van der Waals surface area (Å²) in [7, 11) is 1.48. The molecule has 26 heavy (non-hydrogen) atoms. The average Bonchev–Trinajstić information content (AvgIpc) is 3.16. The summed E-state index contributed by atoms with van der Waals surface area (Å²) in [6.07, 6.45) is -2.75. The summed E-state index contributed by atoms with van der Waals surface area (Å²) >= 11 is 0. The van der Waals surface area contributed by atoms with Crippen molar-refractivity contribution in [1.29, 1.82) is 0 Å². The van der Waals surface area contributed by atoms with Gasteiger partial charge in [-0.05, 0) is 17.7 Å². The topological polar surface area (TPSA) is 137 Å². The Morgan fingerprint density at radius 3 is 2.62 bits per heavy atom. The lowest BCUT2D eigenvalue weighted by Crippen LogP contribution is -2.60. The molecule has 3 rings (SSSR count). The maximum atomic E-state index is 10.1. The van der Waals surface area contributed by atoms with Gasteiger partial charge in [0, 0.05) is 18.8 Å². The summed E-state index contributed by atoms with van der Waals surface area (Å²) in [6, 6.07) is 5.23. The molecular formula is C17H22N2O7. The molecule has 2 heterocycles. The van der Waals surface area contributed by atoms with E-state index < -0.39 is 37.3 Å². The number of methoxy groups -OCH3 is 1. The Morgan fingerprint density at radius 1 is 1.15 bits per heavy atom.